The normalized spacial score (nSPS) is 11.1. The van der Waals surface area contributed by atoms with Gasteiger partial charge in [0, 0.05) is 0 Å². The van der Waals surface area contributed by atoms with E-state index in [1.54, 1.807) is 36.4 Å². The molecule has 0 unspecified atom stereocenters. The molecule has 0 bridgehead atoms. The zero-order valence-electron chi connectivity index (χ0n) is 14.8. The largest absolute Gasteiger partial charge is 0.436 e. The van der Waals surface area contributed by atoms with Gasteiger partial charge >= 0.3 is 0 Å². The van der Waals surface area contributed by atoms with Gasteiger partial charge in [0.2, 0.25) is 5.82 Å². The Bertz CT molecular complexity index is 1080. The van der Waals surface area contributed by atoms with Crippen molar-refractivity contribution in [2.45, 2.75) is 0 Å². The number of hydrogen-bond acceptors (Lipinski definition) is 7. The van der Waals surface area contributed by atoms with Crippen LogP contribution >= 0.6 is 23.2 Å². The van der Waals surface area contributed by atoms with E-state index in [0.29, 0.717) is 0 Å². The van der Waals surface area contributed by atoms with Crippen LogP contribution in [0.5, 0.6) is 23.3 Å². The average Bonchev–Trinajstić information content (AvgIpc) is 2.71. The minimum atomic E-state index is -0.968. The van der Waals surface area contributed by atoms with Crippen molar-refractivity contribution in [2.75, 3.05) is 7.11 Å². The van der Waals surface area contributed by atoms with Gasteiger partial charge in [-0.25, -0.2) is 0 Å². The first-order valence-corrected chi connectivity index (χ1v) is 8.78. The van der Waals surface area contributed by atoms with Crippen molar-refractivity contribution in [3.05, 3.63) is 71.3 Å². The van der Waals surface area contributed by atoms with E-state index in [4.69, 9.17) is 32.7 Å². The Morgan fingerprint density at radius 1 is 1.00 bits per heavy atom. The Hall–Kier alpha value is -3.23. The number of oxime groups is 1. The molecule has 1 heterocycles. The summed E-state index contributed by atoms with van der Waals surface area (Å²) in [6.07, 6.45) is 1.06. The lowest BCUT2D eigenvalue weighted by molar-refractivity contribution is -0.106. The third kappa shape index (κ3) is 4.79. The molecule has 0 spiro atoms. The van der Waals surface area contributed by atoms with Crippen molar-refractivity contribution < 1.29 is 23.5 Å². The molecule has 7 nitrogen and oxygen atoms in total. The first-order valence-electron chi connectivity index (χ1n) is 8.02. The molecule has 2 aromatic carbocycles. The zero-order valence-corrected chi connectivity index (χ0v) is 16.3. The van der Waals surface area contributed by atoms with Gasteiger partial charge in [0.1, 0.15) is 24.9 Å². The van der Waals surface area contributed by atoms with Gasteiger partial charge in [0.25, 0.3) is 17.0 Å². The van der Waals surface area contributed by atoms with E-state index in [1.807, 2.05) is 0 Å². The fraction of sp³-hybridized carbons (Fsp3) is 0.0526. The van der Waals surface area contributed by atoms with Crippen molar-refractivity contribution in [1.29, 1.82) is 0 Å². The SMILES string of the molecule is CO/N=C(/C(=O)Cl)c1ccccc1Oc1ncnc(Oc2ccccc2Cl)c1F. The smallest absolute Gasteiger partial charge is 0.275 e. The lowest BCUT2D eigenvalue weighted by Gasteiger charge is -2.12. The Kier molecular flexibility index (Phi) is 6.58. The number of carbonyl (C=O) groups is 1. The van der Waals surface area contributed by atoms with E-state index < -0.39 is 16.9 Å². The summed E-state index contributed by atoms with van der Waals surface area (Å²) in [5.74, 6) is -1.52. The van der Waals surface area contributed by atoms with Crippen LogP contribution in [-0.4, -0.2) is 28.0 Å². The Morgan fingerprint density at radius 3 is 2.21 bits per heavy atom. The summed E-state index contributed by atoms with van der Waals surface area (Å²) < 4.78 is 25.8. The second kappa shape index (κ2) is 9.31. The van der Waals surface area contributed by atoms with Gasteiger partial charge in [0.15, 0.2) is 5.71 Å². The highest BCUT2D eigenvalue weighted by atomic mass is 35.5. The molecule has 0 fully saturated rings. The summed E-state index contributed by atoms with van der Waals surface area (Å²) in [4.78, 5) is 23.8. The van der Waals surface area contributed by atoms with Gasteiger partial charge in [-0.15, -0.1) is 0 Å². The molecular weight excluding hydrogens is 424 g/mol. The summed E-state index contributed by atoms with van der Waals surface area (Å²) in [6, 6.07) is 12.7. The molecule has 1 aromatic heterocycles. The molecule has 0 saturated heterocycles. The molecule has 3 rings (SSSR count). The van der Waals surface area contributed by atoms with Gasteiger partial charge in [0.05, 0.1) is 10.6 Å². The highest BCUT2D eigenvalue weighted by Gasteiger charge is 2.21. The van der Waals surface area contributed by atoms with E-state index in [0.717, 1.165) is 6.33 Å². The topological polar surface area (TPSA) is 82.9 Å². The average molecular weight is 436 g/mol. The predicted molar refractivity (Wildman–Crippen MR) is 104 cm³/mol. The second-order valence-corrected chi connectivity index (χ2v) is 6.08. The first-order chi connectivity index (χ1) is 14.0. The number of hydrogen-bond donors (Lipinski definition) is 0. The molecule has 0 amide bonds. The van der Waals surface area contributed by atoms with Crippen LogP contribution in [-0.2, 0) is 9.63 Å². The van der Waals surface area contributed by atoms with Crippen molar-refractivity contribution in [2.24, 2.45) is 5.16 Å². The Morgan fingerprint density at radius 2 is 1.59 bits per heavy atom. The fourth-order valence-electron chi connectivity index (χ4n) is 2.25. The number of para-hydroxylation sites is 2. The lowest BCUT2D eigenvalue weighted by atomic mass is 10.1. The fourth-order valence-corrected chi connectivity index (χ4v) is 2.56. The first kappa shape index (κ1) is 20.5. The van der Waals surface area contributed by atoms with Crippen molar-refractivity contribution in [3.8, 4) is 23.3 Å². The summed E-state index contributed by atoms with van der Waals surface area (Å²) in [7, 11) is 1.26. The third-order valence-corrected chi connectivity index (χ3v) is 3.98. The van der Waals surface area contributed by atoms with E-state index >= 15 is 0 Å². The van der Waals surface area contributed by atoms with Gasteiger partial charge in [-0.2, -0.15) is 14.4 Å². The quantitative estimate of drug-likeness (QED) is 0.296. The molecule has 0 aliphatic heterocycles. The zero-order chi connectivity index (χ0) is 20.8. The van der Waals surface area contributed by atoms with Crippen LogP contribution in [0.15, 0.2) is 60.0 Å². The van der Waals surface area contributed by atoms with Crippen LogP contribution in [0.3, 0.4) is 0 Å². The molecule has 0 radical (unpaired) electrons. The maximum absolute atomic E-state index is 14.8. The molecule has 10 heteroatoms. The number of nitrogens with zero attached hydrogens (tertiary/aromatic N) is 3. The summed E-state index contributed by atoms with van der Waals surface area (Å²) in [6.45, 7) is 0. The number of ether oxygens (including phenoxy) is 2. The third-order valence-electron chi connectivity index (χ3n) is 3.49. The number of halogens is 3. The van der Waals surface area contributed by atoms with Crippen molar-refractivity contribution >= 4 is 34.2 Å². The molecule has 0 aliphatic carbocycles. The van der Waals surface area contributed by atoms with E-state index in [1.165, 1.54) is 19.2 Å². The van der Waals surface area contributed by atoms with Crippen LogP contribution in [0.25, 0.3) is 0 Å². The Balaban J connectivity index is 1.95. The molecule has 3 aromatic rings. The number of aromatic nitrogens is 2. The van der Waals surface area contributed by atoms with Gasteiger partial charge in [-0.3, -0.25) is 4.79 Å². The molecule has 29 heavy (non-hydrogen) atoms. The highest BCUT2D eigenvalue weighted by molar-refractivity contribution is 6.84. The van der Waals surface area contributed by atoms with E-state index in [9.17, 15) is 9.18 Å². The summed E-state index contributed by atoms with van der Waals surface area (Å²) in [5, 5.41) is 2.99. The highest BCUT2D eigenvalue weighted by Crippen LogP contribution is 2.33. The van der Waals surface area contributed by atoms with Crippen molar-refractivity contribution in [3.63, 3.8) is 0 Å². The van der Waals surface area contributed by atoms with Crippen LogP contribution in [0.4, 0.5) is 4.39 Å². The number of benzene rings is 2. The minimum absolute atomic E-state index is 0.0681. The maximum atomic E-state index is 14.8. The minimum Gasteiger partial charge on any atom is -0.436 e. The molecule has 0 atom stereocenters. The molecule has 0 N–H and O–H groups in total. The maximum Gasteiger partial charge on any atom is 0.275 e. The lowest BCUT2D eigenvalue weighted by Crippen LogP contribution is -2.11. The van der Waals surface area contributed by atoms with Crippen LogP contribution in [0.2, 0.25) is 5.02 Å². The second-order valence-electron chi connectivity index (χ2n) is 5.32. The molecule has 0 saturated carbocycles. The Labute approximate surface area is 174 Å². The summed E-state index contributed by atoms with van der Waals surface area (Å²) >= 11 is 11.6. The molecule has 0 aliphatic rings. The predicted octanol–water partition coefficient (Wildman–Crippen LogP) is 4.97. The number of carbonyl (C=O) groups excluding carboxylic acids is 1. The van der Waals surface area contributed by atoms with Gasteiger partial charge in [-0.05, 0) is 35.9 Å². The van der Waals surface area contributed by atoms with Crippen molar-refractivity contribution in [1.82, 2.24) is 9.97 Å². The standard InChI is InChI=1S/C19H12Cl2FN3O4/c1-27-25-16(17(21)26)11-6-2-4-8-13(11)28-18-15(22)19(24-10-23-18)29-14-9-5-3-7-12(14)20/h2-10H,1H3/b25-16+. The molecular formula is C19H12Cl2FN3O4. The van der Waals surface area contributed by atoms with E-state index in [-0.39, 0.29) is 33.7 Å². The molecule has 148 valence electrons. The van der Waals surface area contributed by atoms with Crippen LogP contribution < -0.4 is 9.47 Å². The van der Waals surface area contributed by atoms with Gasteiger partial charge in [-0.1, -0.05) is 41.0 Å². The van der Waals surface area contributed by atoms with Gasteiger partial charge < -0.3 is 14.3 Å². The van der Waals surface area contributed by atoms with E-state index in [2.05, 4.69) is 20.0 Å². The summed E-state index contributed by atoms with van der Waals surface area (Å²) in [5.41, 5.74) is -0.0345. The number of rotatable bonds is 7. The van der Waals surface area contributed by atoms with Crippen LogP contribution in [0.1, 0.15) is 5.56 Å². The monoisotopic (exact) mass is 435 g/mol. The van der Waals surface area contributed by atoms with Crippen LogP contribution in [0, 0.1) is 5.82 Å².